The number of esters is 1. The second-order valence-electron chi connectivity index (χ2n) is 10.7. The van der Waals surface area contributed by atoms with Gasteiger partial charge in [0.15, 0.2) is 0 Å². The van der Waals surface area contributed by atoms with Crippen LogP contribution in [0.25, 0.3) is 0 Å². The Kier molecular flexibility index (Phi) is 14.3. The molecule has 4 atom stereocenters. The minimum Gasteiger partial charge on any atom is -0.459 e. The molecule has 0 fully saturated rings. The van der Waals surface area contributed by atoms with Gasteiger partial charge in [0.1, 0.15) is 13.4 Å². The van der Waals surface area contributed by atoms with Crippen molar-refractivity contribution in [3.05, 3.63) is 60.4 Å². The predicted molar refractivity (Wildman–Crippen MR) is 154 cm³/mol. The minimum atomic E-state index is -0.611. The van der Waals surface area contributed by atoms with Crippen molar-refractivity contribution in [3.8, 4) is 0 Å². The average Bonchev–Trinajstić information content (AvgIpc) is 2.83. The van der Waals surface area contributed by atoms with Crippen molar-refractivity contribution in [2.45, 2.75) is 117 Å². The summed E-state index contributed by atoms with van der Waals surface area (Å²) in [4.78, 5) is 13.0. The summed E-state index contributed by atoms with van der Waals surface area (Å²) in [6, 6.07) is 0. The zero-order chi connectivity index (χ0) is 27.3. The van der Waals surface area contributed by atoms with Gasteiger partial charge in [-0.15, -0.1) is 0 Å². The topological polar surface area (TPSA) is 47.6 Å². The molecule has 0 bridgehead atoms. The van der Waals surface area contributed by atoms with Gasteiger partial charge in [0.05, 0.1) is 11.7 Å². The molecule has 35 heavy (non-hydrogen) atoms. The number of allylic oxidation sites excluding steroid dienone is 6. The SMILES string of the molecule is BC(C)(CC)C(=O)OC(C)(CC)C/C(=C/C(C=C)=C/C=C(\C=C)NC)CC(C)(CC)OC(C)CC. The summed E-state index contributed by atoms with van der Waals surface area (Å²) in [6.07, 6.45) is 14.6. The number of hydrogen-bond acceptors (Lipinski definition) is 4. The van der Waals surface area contributed by atoms with E-state index in [-0.39, 0.29) is 17.7 Å². The Bertz CT molecular complexity index is 795. The Morgan fingerprint density at radius 3 is 1.97 bits per heavy atom. The van der Waals surface area contributed by atoms with Gasteiger partial charge >= 0.3 is 5.97 Å². The van der Waals surface area contributed by atoms with Crippen molar-refractivity contribution in [1.29, 1.82) is 0 Å². The number of nitrogens with one attached hydrogen (secondary N) is 1. The number of hydrogen-bond donors (Lipinski definition) is 1. The molecule has 0 heterocycles. The Morgan fingerprint density at radius 1 is 0.971 bits per heavy atom. The largest absolute Gasteiger partial charge is 0.459 e. The maximum Gasteiger partial charge on any atom is 0.304 e. The Morgan fingerprint density at radius 2 is 1.54 bits per heavy atom. The summed E-state index contributed by atoms with van der Waals surface area (Å²) in [7, 11) is 3.81. The Labute approximate surface area is 217 Å². The summed E-state index contributed by atoms with van der Waals surface area (Å²) >= 11 is 0. The Balaban J connectivity index is 6.41. The Hall–Kier alpha value is -2.01. The molecule has 0 rings (SSSR count). The van der Waals surface area contributed by atoms with Gasteiger partial charge in [-0.05, 0) is 70.6 Å². The van der Waals surface area contributed by atoms with Crippen LogP contribution in [-0.2, 0) is 14.3 Å². The third-order valence-electron chi connectivity index (χ3n) is 7.10. The number of likely N-dealkylation sites (N-methyl/N-ethyl adjacent to an activating group) is 1. The summed E-state index contributed by atoms with van der Waals surface area (Å²) < 4.78 is 12.7. The highest BCUT2D eigenvalue weighted by Gasteiger charge is 2.36. The number of rotatable bonds is 17. The molecule has 0 radical (unpaired) electrons. The van der Waals surface area contributed by atoms with Crippen molar-refractivity contribution in [2.24, 2.45) is 0 Å². The molecule has 0 aromatic carbocycles. The van der Waals surface area contributed by atoms with Crippen LogP contribution in [0.1, 0.15) is 93.9 Å². The maximum atomic E-state index is 13.0. The fraction of sp³-hybridized carbons (Fsp3) is 0.633. The second kappa shape index (κ2) is 15.2. The van der Waals surface area contributed by atoms with Crippen LogP contribution >= 0.6 is 0 Å². The zero-order valence-corrected chi connectivity index (χ0v) is 24.3. The molecule has 4 unspecified atom stereocenters. The first-order valence-electron chi connectivity index (χ1n) is 13.2. The van der Waals surface area contributed by atoms with E-state index in [1.165, 1.54) is 5.57 Å². The van der Waals surface area contributed by atoms with Crippen LogP contribution in [0.3, 0.4) is 0 Å². The lowest BCUT2D eigenvalue weighted by Crippen LogP contribution is -2.38. The third-order valence-corrected chi connectivity index (χ3v) is 7.10. The summed E-state index contributed by atoms with van der Waals surface area (Å²) in [6.45, 7) is 24.6. The fourth-order valence-corrected chi connectivity index (χ4v) is 3.53. The van der Waals surface area contributed by atoms with Crippen LogP contribution in [0, 0.1) is 0 Å². The summed E-state index contributed by atoms with van der Waals surface area (Å²) in [5, 5.41) is 2.60. The average molecular weight is 486 g/mol. The highest BCUT2D eigenvalue weighted by molar-refractivity contribution is 6.26. The molecular formula is C30H52BNO3. The lowest BCUT2D eigenvalue weighted by atomic mass is 9.68. The molecule has 0 spiro atoms. The second-order valence-corrected chi connectivity index (χ2v) is 10.7. The molecule has 0 saturated carbocycles. The third kappa shape index (κ3) is 11.5. The molecule has 0 aromatic heterocycles. The van der Waals surface area contributed by atoms with Crippen LogP contribution in [0.5, 0.6) is 0 Å². The molecule has 198 valence electrons. The van der Waals surface area contributed by atoms with E-state index in [2.05, 4.69) is 59.2 Å². The predicted octanol–water partition coefficient (Wildman–Crippen LogP) is 7.01. The quantitative estimate of drug-likeness (QED) is 0.137. The van der Waals surface area contributed by atoms with Gasteiger partial charge in [-0.1, -0.05) is 71.6 Å². The van der Waals surface area contributed by atoms with E-state index in [4.69, 9.17) is 9.47 Å². The van der Waals surface area contributed by atoms with Crippen LogP contribution < -0.4 is 5.32 Å². The number of carbonyl (C=O) groups excluding carboxylic acids is 1. The van der Waals surface area contributed by atoms with Crippen molar-refractivity contribution in [3.63, 3.8) is 0 Å². The zero-order valence-electron chi connectivity index (χ0n) is 24.3. The van der Waals surface area contributed by atoms with E-state index in [1.807, 2.05) is 53.9 Å². The van der Waals surface area contributed by atoms with Gasteiger partial charge in [-0.3, -0.25) is 4.79 Å². The smallest absolute Gasteiger partial charge is 0.304 e. The van der Waals surface area contributed by atoms with Crippen molar-refractivity contribution in [2.75, 3.05) is 7.05 Å². The first-order valence-corrected chi connectivity index (χ1v) is 13.2. The molecule has 0 amide bonds. The number of carbonyl (C=O) groups is 1. The van der Waals surface area contributed by atoms with Gasteiger partial charge < -0.3 is 14.8 Å². The molecule has 4 nitrogen and oxygen atoms in total. The van der Waals surface area contributed by atoms with E-state index in [9.17, 15) is 4.79 Å². The standard InChI is InChI=1S/C30H52BNO3/c1-12-23(7)34-28(8,15-4)21-25(20-24(13-2)18-19-26(14-3)32-11)22-29(9,16-5)35-27(33)30(10,31)17-6/h13-14,18-20,23,32H,2-3,12,15-17,21-22,31H2,1,4-11H3/b24-18+,25-20+,26-19+. The minimum absolute atomic E-state index is 0.148. The fourth-order valence-electron chi connectivity index (χ4n) is 3.53. The first kappa shape index (κ1) is 33.0. The normalized spacial score (nSPS) is 19.1. The molecule has 0 aliphatic rings. The van der Waals surface area contributed by atoms with Gasteiger partial charge in [0, 0.05) is 24.5 Å². The lowest BCUT2D eigenvalue weighted by molar-refractivity contribution is -0.162. The van der Waals surface area contributed by atoms with Crippen LogP contribution in [-0.4, -0.2) is 38.2 Å². The van der Waals surface area contributed by atoms with Crippen LogP contribution in [0.2, 0.25) is 5.31 Å². The molecule has 1 N–H and O–H groups in total. The maximum absolute atomic E-state index is 13.0. The number of ether oxygens (including phenoxy) is 2. The van der Waals surface area contributed by atoms with Crippen molar-refractivity contribution < 1.29 is 14.3 Å². The van der Waals surface area contributed by atoms with Crippen LogP contribution in [0.15, 0.2) is 60.4 Å². The molecular weight excluding hydrogens is 433 g/mol. The van der Waals surface area contributed by atoms with Crippen molar-refractivity contribution >= 4 is 13.8 Å². The molecule has 0 aliphatic heterocycles. The van der Waals surface area contributed by atoms with Crippen molar-refractivity contribution in [1.82, 2.24) is 5.32 Å². The molecule has 0 aromatic rings. The van der Waals surface area contributed by atoms with E-state index in [1.54, 1.807) is 6.08 Å². The van der Waals surface area contributed by atoms with E-state index in [0.29, 0.717) is 6.42 Å². The highest BCUT2D eigenvalue weighted by Crippen LogP contribution is 2.36. The van der Waals surface area contributed by atoms with Gasteiger partial charge in [0.25, 0.3) is 0 Å². The monoisotopic (exact) mass is 485 g/mol. The van der Waals surface area contributed by atoms with E-state index in [0.717, 1.165) is 43.4 Å². The van der Waals surface area contributed by atoms with Crippen LogP contribution in [0.4, 0.5) is 0 Å². The van der Waals surface area contributed by atoms with Gasteiger partial charge in [-0.2, -0.15) is 0 Å². The molecule has 5 heteroatoms. The van der Waals surface area contributed by atoms with E-state index >= 15 is 0 Å². The van der Waals surface area contributed by atoms with Gasteiger partial charge in [-0.25, -0.2) is 0 Å². The lowest BCUT2D eigenvalue weighted by Gasteiger charge is -2.37. The summed E-state index contributed by atoms with van der Waals surface area (Å²) in [5.41, 5.74) is 2.15. The van der Waals surface area contributed by atoms with E-state index < -0.39 is 10.9 Å². The summed E-state index contributed by atoms with van der Waals surface area (Å²) in [5.74, 6) is -0.148. The van der Waals surface area contributed by atoms with Gasteiger partial charge in [0.2, 0.25) is 0 Å². The highest BCUT2D eigenvalue weighted by atomic mass is 16.6. The molecule has 0 saturated heterocycles. The first-order chi connectivity index (χ1) is 16.3. The molecule has 0 aliphatic carbocycles.